The van der Waals surface area contributed by atoms with Crippen molar-refractivity contribution in [3.63, 3.8) is 0 Å². The van der Waals surface area contributed by atoms with Crippen molar-refractivity contribution >= 4 is 0 Å². The summed E-state index contributed by atoms with van der Waals surface area (Å²) in [5, 5.41) is 19.2. The standard InChI is InChI=1S/C18H20O2/c1-11-3-4-14-8-13(5-6-17(11)14)15-7-12(2)18(20)16(9-15)10-19/h5-9,11,19-20H,3-4,10H2,1-2H3/t11-/m0/s1. The monoisotopic (exact) mass is 268 g/mol. The molecule has 2 heteroatoms. The Morgan fingerprint density at radius 1 is 1.15 bits per heavy atom. The van der Waals surface area contributed by atoms with Gasteiger partial charge in [-0.25, -0.2) is 0 Å². The van der Waals surface area contributed by atoms with Crippen LogP contribution in [0.1, 0.15) is 41.5 Å². The molecule has 0 aliphatic heterocycles. The molecule has 0 amide bonds. The van der Waals surface area contributed by atoms with Gasteiger partial charge in [0.25, 0.3) is 0 Å². The van der Waals surface area contributed by atoms with Crippen molar-refractivity contribution in [3.8, 4) is 16.9 Å². The number of phenols is 1. The Kier molecular flexibility index (Phi) is 3.27. The molecule has 0 saturated heterocycles. The van der Waals surface area contributed by atoms with Crippen LogP contribution in [-0.4, -0.2) is 10.2 Å². The highest BCUT2D eigenvalue weighted by molar-refractivity contribution is 5.69. The minimum Gasteiger partial charge on any atom is -0.507 e. The van der Waals surface area contributed by atoms with Gasteiger partial charge in [0.15, 0.2) is 0 Å². The van der Waals surface area contributed by atoms with E-state index in [1.807, 2.05) is 19.1 Å². The average molecular weight is 268 g/mol. The average Bonchev–Trinajstić information content (AvgIpc) is 2.83. The summed E-state index contributed by atoms with van der Waals surface area (Å²) in [6.07, 6.45) is 2.38. The van der Waals surface area contributed by atoms with Gasteiger partial charge in [-0.1, -0.05) is 25.1 Å². The summed E-state index contributed by atoms with van der Waals surface area (Å²) in [6, 6.07) is 10.5. The van der Waals surface area contributed by atoms with Gasteiger partial charge in [-0.15, -0.1) is 0 Å². The van der Waals surface area contributed by atoms with Gasteiger partial charge in [0, 0.05) is 5.56 Å². The summed E-state index contributed by atoms with van der Waals surface area (Å²) in [6.45, 7) is 4.01. The molecule has 0 saturated carbocycles. The van der Waals surface area contributed by atoms with Crippen molar-refractivity contribution < 1.29 is 10.2 Å². The first kappa shape index (κ1) is 13.2. The van der Waals surface area contributed by atoms with E-state index < -0.39 is 0 Å². The predicted octanol–water partition coefficient (Wildman–Crippen LogP) is 3.91. The molecule has 0 heterocycles. The van der Waals surface area contributed by atoms with E-state index in [0.29, 0.717) is 11.5 Å². The van der Waals surface area contributed by atoms with E-state index in [2.05, 4.69) is 25.1 Å². The van der Waals surface area contributed by atoms with E-state index in [1.165, 1.54) is 17.5 Å². The van der Waals surface area contributed by atoms with Gasteiger partial charge in [-0.05, 0) is 65.6 Å². The number of rotatable bonds is 2. The summed E-state index contributed by atoms with van der Waals surface area (Å²) in [5.74, 6) is 0.861. The molecule has 1 aliphatic carbocycles. The van der Waals surface area contributed by atoms with Crippen molar-refractivity contribution in [1.29, 1.82) is 0 Å². The zero-order chi connectivity index (χ0) is 14.3. The maximum Gasteiger partial charge on any atom is 0.124 e. The van der Waals surface area contributed by atoms with Crippen molar-refractivity contribution in [1.82, 2.24) is 0 Å². The van der Waals surface area contributed by atoms with Gasteiger partial charge in [0.05, 0.1) is 6.61 Å². The third kappa shape index (κ3) is 2.10. The molecule has 0 fully saturated rings. The van der Waals surface area contributed by atoms with Crippen LogP contribution in [0, 0.1) is 6.92 Å². The molecule has 20 heavy (non-hydrogen) atoms. The van der Waals surface area contributed by atoms with Gasteiger partial charge < -0.3 is 10.2 Å². The number of aromatic hydroxyl groups is 1. The second kappa shape index (κ2) is 4.95. The van der Waals surface area contributed by atoms with Crippen LogP contribution in [0.4, 0.5) is 0 Å². The lowest BCUT2D eigenvalue weighted by atomic mass is 9.95. The third-order valence-corrected chi connectivity index (χ3v) is 4.40. The van der Waals surface area contributed by atoms with E-state index in [1.54, 1.807) is 0 Å². The van der Waals surface area contributed by atoms with E-state index >= 15 is 0 Å². The van der Waals surface area contributed by atoms with E-state index in [0.717, 1.165) is 23.1 Å². The minimum absolute atomic E-state index is 0.136. The van der Waals surface area contributed by atoms with Gasteiger partial charge in [0.2, 0.25) is 0 Å². The predicted molar refractivity (Wildman–Crippen MR) is 80.9 cm³/mol. The first-order chi connectivity index (χ1) is 9.60. The topological polar surface area (TPSA) is 40.5 Å². The molecule has 0 bridgehead atoms. The quantitative estimate of drug-likeness (QED) is 0.867. The van der Waals surface area contributed by atoms with Gasteiger partial charge in [-0.3, -0.25) is 0 Å². The largest absolute Gasteiger partial charge is 0.507 e. The van der Waals surface area contributed by atoms with E-state index in [9.17, 15) is 10.2 Å². The Morgan fingerprint density at radius 2 is 1.95 bits per heavy atom. The second-order valence-corrected chi connectivity index (χ2v) is 5.81. The first-order valence-corrected chi connectivity index (χ1v) is 7.16. The van der Waals surface area contributed by atoms with Gasteiger partial charge in [0.1, 0.15) is 5.75 Å². The molecular formula is C18H20O2. The number of aliphatic hydroxyl groups excluding tert-OH is 1. The Balaban J connectivity index is 2.08. The molecule has 0 aromatic heterocycles. The van der Waals surface area contributed by atoms with Crippen LogP contribution in [0.5, 0.6) is 5.75 Å². The van der Waals surface area contributed by atoms with Crippen LogP contribution >= 0.6 is 0 Å². The molecule has 104 valence electrons. The van der Waals surface area contributed by atoms with Crippen LogP contribution in [-0.2, 0) is 13.0 Å². The lowest BCUT2D eigenvalue weighted by Gasteiger charge is -2.11. The van der Waals surface area contributed by atoms with E-state index in [-0.39, 0.29) is 12.4 Å². The lowest BCUT2D eigenvalue weighted by Crippen LogP contribution is -1.91. The highest BCUT2D eigenvalue weighted by Crippen LogP contribution is 2.36. The fraction of sp³-hybridized carbons (Fsp3) is 0.333. The Hall–Kier alpha value is -1.80. The molecule has 1 atom stereocenters. The van der Waals surface area contributed by atoms with Crippen molar-refractivity contribution in [3.05, 3.63) is 52.6 Å². The fourth-order valence-corrected chi connectivity index (χ4v) is 3.15. The zero-order valence-electron chi connectivity index (χ0n) is 12.0. The summed E-state index contributed by atoms with van der Waals surface area (Å²) in [4.78, 5) is 0. The highest BCUT2D eigenvalue weighted by Gasteiger charge is 2.19. The van der Waals surface area contributed by atoms with Crippen LogP contribution in [0.15, 0.2) is 30.3 Å². The minimum atomic E-state index is -0.136. The molecule has 0 unspecified atom stereocenters. The molecular weight excluding hydrogens is 248 g/mol. The van der Waals surface area contributed by atoms with Crippen molar-refractivity contribution in [2.75, 3.05) is 0 Å². The summed E-state index contributed by atoms with van der Waals surface area (Å²) < 4.78 is 0. The first-order valence-electron chi connectivity index (χ1n) is 7.16. The summed E-state index contributed by atoms with van der Waals surface area (Å²) in [7, 11) is 0. The van der Waals surface area contributed by atoms with Crippen LogP contribution in [0.25, 0.3) is 11.1 Å². The molecule has 3 rings (SSSR count). The third-order valence-electron chi connectivity index (χ3n) is 4.40. The smallest absolute Gasteiger partial charge is 0.124 e. The maximum atomic E-state index is 9.90. The normalized spacial score (nSPS) is 17.2. The van der Waals surface area contributed by atoms with Crippen LogP contribution < -0.4 is 0 Å². The maximum absolute atomic E-state index is 9.90. The number of benzene rings is 2. The molecule has 2 aromatic rings. The van der Waals surface area contributed by atoms with Crippen LogP contribution in [0.2, 0.25) is 0 Å². The molecule has 2 aromatic carbocycles. The van der Waals surface area contributed by atoms with Crippen LogP contribution in [0.3, 0.4) is 0 Å². The van der Waals surface area contributed by atoms with Crippen molar-refractivity contribution in [2.24, 2.45) is 0 Å². The zero-order valence-corrected chi connectivity index (χ0v) is 12.0. The number of fused-ring (bicyclic) bond motifs is 1. The molecule has 1 aliphatic rings. The molecule has 2 nitrogen and oxygen atoms in total. The number of hydrogen-bond donors (Lipinski definition) is 2. The van der Waals surface area contributed by atoms with Crippen molar-refractivity contribution in [2.45, 2.75) is 39.2 Å². The number of hydrogen-bond acceptors (Lipinski definition) is 2. The highest BCUT2D eigenvalue weighted by atomic mass is 16.3. The van der Waals surface area contributed by atoms with Gasteiger partial charge >= 0.3 is 0 Å². The van der Waals surface area contributed by atoms with E-state index in [4.69, 9.17) is 0 Å². The lowest BCUT2D eigenvalue weighted by molar-refractivity contribution is 0.275. The second-order valence-electron chi connectivity index (χ2n) is 5.81. The Labute approximate surface area is 119 Å². The molecule has 0 spiro atoms. The molecule has 0 radical (unpaired) electrons. The summed E-state index contributed by atoms with van der Waals surface area (Å²) in [5.41, 5.74) is 6.52. The molecule has 2 N–H and O–H groups in total. The SMILES string of the molecule is Cc1cc(-c2ccc3c(c2)CC[C@@H]3C)cc(CO)c1O. The fourth-order valence-electron chi connectivity index (χ4n) is 3.15. The summed E-state index contributed by atoms with van der Waals surface area (Å²) >= 11 is 0. The van der Waals surface area contributed by atoms with Gasteiger partial charge in [-0.2, -0.15) is 0 Å². The Morgan fingerprint density at radius 3 is 2.70 bits per heavy atom. The Bertz CT molecular complexity index is 659. The number of aryl methyl sites for hydroxylation is 2. The number of aliphatic hydroxyl groups is 1.